The number of nitrogens with one attached hydrogen (secondary N) is 1. The van der Waals surface area contributed by atoms with Crippen molar-refractivity contribution >= 4 is 39.5 Å². The molecule has 1 N–H and O–H groups in total. The van der Waals surface area contributed by atoms with Gasteiger partial charge in [0.05, 0.1) is 4.90 Å². The fourth-order valence-electron chi connectivity index (χ4n) is 4.48. The Morgan fingerprint density at radius 1 is 1.00 bits per heavy atom. The average molecular weight is 469 g/mol. The second-order valence-electron chi connectivity index (χ2n) is 8.20. The number of carbonyl (C=O) groups excluding carboxylic acids is 3. The second kappa shape index (κ2) is 8.40. The van der Waals surface area contributed by atoms with Gasteiger partial charge < -0.3 is 10.2 Å². The number of hydrogen-bond donors (Lipinski definition) is 1. The Morgan fingerprint density at radius 2 is 1.61 bits per heavy atom. The predicted octanol–water partition coefficient (Wildman–Crippen LogP) is 1.43. The van der Waals surface area contributed by atoms with Crippen molar-refractivity contribution in [3.8, 4) is 0 Å². The van der Waals surface area contributed by atoms with E-state index in [0.717, 1.165) is 24.2 Å². The van der Waals surface area contributed by atoms with Crippen molar-refractivity contribution in [1.82, 2.24) is 19.4 Å². The minimum Gasteiger partial charge on any atom is -0.338 e. The second-order valence-corrected chi connectivity index (χ2v) is 10.6. The van der Waals surface area contributed by atoms with Gasteiger partial charge in [-0.25, -0.2) is 13.2 Å². The summed E-state index contributed by atoms with van der Waals surface area (Å²) in [6, 6.07) is 5.42. The Bertz CT molecular complexity index is 983. The first kappa shape index (κ1) is 22.0. The Morgan fingerprint density at radius 3 is 2.23 bits per heavy atom. The number of urea groups is 1. The fraction of sp³-hybridized carbons (Fsp3) is 0.550. The van der Waals surface area contributed by atoms with Gasteiger partial charge in [0.2, 0.25) is 15.9 Å². The summed E-state index contributed by atoms with van der Waals surface area (Å²) in [7, 11) is -3.68. The summed E-state index contributed by atoms with van der Waals surface area (Å²) < 4.78 is 26.9. The van der Waals surface area contributed by atoms with Crippen molar-refractivity contribution in [2.45, 2.75) is 42.5 Å². The number of benzene rings is 1. The molecule has 4 rings (SSSR count). The van der Waals surface area contributed by atoms with Crippen LogP contribution in [0.3, 0.4) is 0 Å². The number of imide groups is 1. The molecule has 31 heavy (non-hydrogen) atoms. The van der Waals surface area contributed by atoms with E-state index in [2.05, 4.69) is 5.32 Å². The van der Waals surface area contributed by atoms with Crippen LogP contribution >= 0.6 is 11.6 Å². The van der Waals surface area contributed by atoms with Crippen LogP contribution in [0.1, 0.15) is 32.1 Å². The van der Waals surface area contributed by atoms with E-state index in [-0.39, 0.29) is 49.4 Å². The fourth-order valence-corrected chi connectivity index (χ4v) is 6.03. The van der Waals surface area contributed by atoms with Gasteiger partial charge in [0.1, 0.15) is 12.1 Å². The van der Waals surface area contributed by atoms with Crippen LogP contribution in [0.5, 0.6) is 0 Å². The zero-order chi connectivity index (χ0) is 22.2. The van der Waals surface area contributed by atoms with Gasteiger partial charge in [-0.15, -0.1) is 0 Å². The van der Waals surface area contributed by atoms with Crippen molar-refractivity contribution in [1.29, 1.82) is 0 Å². The van der Waals surface area contributed by atoms with Gasteiger partial charge in [-0.05, 0) is 37.1 Å². The molecule has 168 valence electrons. The van der Waals surface area contributed by atoms with Gasteiger partial charge in [-0.3, -0.25) is 14.5 Å². The van der Waals surface area contributed by atoms with Crippen molar-refractivity contribution in [3.05, 3.63) is 29.3 Å². The van der Waals surface area contributed by atoms with Crippen LogP contribution in [-0.4, -0.2) is 78.6 Å². The summed E-state index contributed by atoms with van der Waals surface area (Å²) in [6.45, 7) is 0.346. The summed E-state index contributed by atoms with van der Waals surface area (Å²) in [6.07, 6.45) is 3.98. The van der Waals surface area contributed by atoms with Crippen LogP contribution in [0.4, 0.5) is 4.79 Å². The van der Waals surface area contributed by atoms with Crippen molar-refractivity contribution in [2.24, 2.45) is 0 Å². The standard InChI is InChI=1S/C20H25ClN4O5S/c21-15-4-6-16(7-5-15)31(29,30)24-12-10-23(11-13-24)17(26)14-25-18(27)20(22-19(25)28)8-2-1-3-9-20/h4-7H,1-3,8-14H2,(H,22,28). The minimum absolute atomic E-state index is 0.140. The number of sulfonamides is 1. The zero-order valence-corrected chi connectivity index (χ0v) is 18.6. The number of carbonyl (C=O) groups is 3. The number of halogens is 1. The Hall–Kier alpha value is -2.17. The molecular weight excluding hydrogens is 444 g/mol. The summed E-state index contributed by atoms with van der Waals surface area (Å²) in [5.74, 6) is -0.686. The normalized spacial score (nSPS) is 22.1. The lowest BCUT2D eigenvalue weighted by atomic mass is 9.82. The maximum atomic E-state index is 12.9. The van der Waals surface area contributed by atoms with Crippen LogP contribution in [0.25, 0.3) is 0 Å². The molecule has 0 radical (unpaired) electrons. The molecule has 1 spiro atoms. The Kier molecular flexibility index (Phi) is 5.97. The van der Waals surface area contributed by atoms with E-state index in [0.29, 0.717) is 17.9 Å². The molecule has 9 nitrogen and oxygen atoms in total. The van der Waals surface area contributed by atoms with E-state index in [1.165, 1.54) is 33.5 Å². The molecule has 3 fully saturated rings. The Balaban J connectivity index is 1.36. The molecule has 0 atom stereocenters. The van der Waals surface area contributed by atoms with Crippen LogP contribution in [0, 0.1) is 0 Å². The molecular formula is C20H25ClN4O5S. The largest absolute Gasteiger partial charge is 0.338 e. The van der Waals surface area contributed by atoms with E-state index < -0.39 is 21.6 Å². The molecule has 0 aromatic heterocycles. The van der Waals surface area contributed by atoms with Crippen LogP contribution < -0.4 is 5.32 Å². The van der Waals surface area contributed by atoms with Crippen molar-refractivity contribution in [3.63, 3.8) is 0 Å². The summed E-state index contributed by atoms with van der Waals surface area (Å²) in [5.41, 5.74) is -0.860. The van der Waals surface area contributed by atoms with E-state index in [4.69, 9.17) is 11.6 Å². The molecule has 0 bridgehead atoms. The quantitative estimate of drug-likeness (QED) is 0.672. The number of amides is 4. The molecule has 1 aromatic rings. The smallest absolute Gasteiger partial charge is 0.325 e. The summed E-state index contributed by atoms with van der Waals surface area (Å²) in [4.78, 5) is 40.6. The lowest BCUT2D eigenvalue weighted by Crippen LogP contribution is -2.53. The third kappa shape index (κ3) is 4.16. The van der Waals surface area contributed by atoms with Crippen LogP contribution in [0.15, 0.2) is 29.2 Å². The van der Waals surface area contributed by atoms with Gasteiger partial charge in [0.15, 0.2) is 0 Å². The minimum atomic E-state index is -3.68. The highest BCUT2D eigenvalue weighted by molar-refractivity contribution is 7.89. The lowest BCUT2D eigenvalue weighted by molar-refractivity contribution is -0.140. The first-order valence-corrected chi connectivity index (χ1v) is 12.2. The number of piperazine rings is 1. The maximum Gasteiger partial charge on any atom is 0.325 e. The SMILES string of the molecule is O=C(CN1C(=O)NC2(CCCCC2)C1=O)N1CCN(S(=O)(=O)c2ccc(Cl)cc2)CC1. The third-order valence-electron chi connectivity index (χ3n) is 6.29. The van der Waals surface area contributed by atoms with Crippen LogP contribution in [0.2, 0.25) is 5.02 Å². The molecule has 1 saturated carbocycles. The van der Waals surface area contributed by atoms with Crippen molar-refractivity contribution in [2.75, 3.05) is 32.7 Å². The highest BCUT2D eigenvalue weighted by Crippen LogP contribution is 2.33. The first-order valence-electron chi connectivity index (χ1n) is 10.4. The lowest BCUT2D eigenvalue weighted by Gasteiger charge is -2.34. The molecule has 2 aliphatic heterocycles. The predicted molar refractivity (Wildman–Crippen MR) is 113 cm³/mol. The molecule has 1 aliphatic carbocycles. The summed E-state index contributed by atoms with van der Waals surface area (Å²) in [5, 5.41) is 3.25. The van der Waals surface area contributed by atoms with E-state index in [1.54, 1.807) is 0 Å². The molecule has 1 aromatic carbocycles. The maximum absolute atomic E-state index is 12.9. The van der Waals surface area contributed by atoms with Crippen molar-refractivity contribution < 1.29 is 22.8 Å². The first-order chi connectivity index (χ1) is 14.7. The number of nitrogens with zero attached hydrogens (tertiary/aromatic N) is 3. The molecule has 2 saturated heterocycles. The topological polar surface area (TPSA) is 107 Å². The average Bonchev–Trinajstić information content (AvgIpc) is 2.98. The van der Waals surface area contributed by atoms with E-state index in [9.17, 15) is 22.8 Å². The molecule has 4 amide bonds. The molecule has 11 heteroatoms. The highest BCUT2D eigenvalue weighted by atomic mass is 35.5. The highest BCUT2D eigenvalue weighted by Gasteiger charge is 2.51. The van der Waals surface area contributed by atoms with Gasteiger partial charge in [-0.1, -0.05) is 30.9 Å². The monoisotopic (exact) mass is 468 g/mol. The van der Waals surface area contributed by atoms with Gasteiger partial charge in [0, 0.05) is 31.2 Å². The Labute approximate surface area is 186 Å². The van der Waals surface area contributed by atoms with Crippen LogP contribution in [-0.2, 0) is 19.6 Å². The van der Waals surface area contributed by atoms with Gasteiger partial charge in [-0.2, -0.15) is 4.31 Å². The number of hydrogen-bond acceptors (Lipinski definition) is 5. The number of rotatable bonds is 4. The molecule has 2 heterocycles. The summed E-state index contributed by atoms with van der Waals surface area (Å²) >= 11 is 5.83. The zero-order valence-electron chi connectivity index (χ0n) is 17.0. The molecule has 3 aliphatic rings. The van der Waals surface area contributed by atoms with E-state index in [1.807, 2.05) is 0 Å². The van der Waals surface area contributed by atoms with Gasteiger partial charge >= 0.3 is 6.03 Å². The molecule has 0 unspecified atom stereocenters. The van der Waals surface area contributed by atoms with Gasteiger partial charge in [0.25, 0.3) is 5.91 Å². The van der Waals surface area contributed by atoms with E-state index >= 15 is 0 Å². The third-order valence-corrected chi connectivity index (χ3v) is 8.45.